The van der Waals surface area contributed by atoms with Crippen molar-refractivity contribution in [3.05, 3.63) is 58.6 Å². The van der Waals surface area contributed by atoms with Crippen LogP contribution in [0.15, 0.2) is 53.4 Å². The fraction of sp³-hybridized carbons (Fsp3) is 0.316. The third-order valence-electron chi connectivity index (χ3n) is 4.63. The van der Waals surface area contributed by atoms with Gasteiger partial charge in [-0.25, -0.2) is 8.42 Å². The molecule has 1 heterocycles. The van der Waals surface area contributed by atoms with Crippen molar-refractivity contribution in [1.29, 1.82) is 0 Å². The number of hydrogen-bond donors (Lipinski definition) is 1. The van der Waals surface area contributed by atoms with Crippen LogP contribution in [0.25, 0.3) is 0 Å². The van der Waals surface area contributed by atoms with E-state index in [9.17, 15) is 13.2 Å². The normalized spacial score (nSPS) is 20.6. The second kappa shape index (κ2) is 8.69. The highest BCUT2D eigenvalue weighted by Crippen LogP contribution is 2.30. The fourth-order valence-corrected chi connectivity index (χ4v) is 5.21. The summed E-state index contributed by atoms with van der Waals surface area (Å²) < 4.78 is 33.3. The van der Waals surface area contributed by atoms with Crippen LogP contribution in [0, 0.1) is 5.92 Å². The number of halogens is 2. The molecular formula is C19H20Cl2N2O4S. The quantitative estimate of drug-likeness (QED) is 0.742. The van der Waals surface area contributed by atoms with E-state index in [0.29, 0.717) is 22.2 Å². The number of ether oxygens (including phenoxy) is 1. The van der Waals surface area contributed by atoms with Crippen molar-refractivity contribution in [3.63, 3.8) is 0 Å². The molecule has 0 saturated carbocycles. The molecule has 2 atom stereocenters. The molecule has 1 amide bonds. The van der Waals surface area contributed by atoms with Crippen molar-refractivity contribution >= 4 is 39.1 Å². The van der Waals surface area contributed by atoms with Crippen LogP contribution in [0.2, 0.25) is 10.0 Å². The molecule has 2 N–H and O–H groups in total. The average molecular weight is 443 g/mol. The molecule has 1 aliphatic heterocycles. The third-order valence-corrected chi connectivity index (χ3v) is 6.97. The summed E-state index contributed by atoms with van der Waals surface area (Å²) in [6.07, 6.45) is 0.125. The van der Waals surface area contributed by atoms with E-state index in [-0.39, 0.29) is 36.4 Å². The summed E-state index contributed by atoms with van der Waals surface area (Å²) in [6.45, 7) is 0.401. The first-order valence-corrected chi connectivity index (χ1v) is 10.9. The number of rotatable bonds is 6. The van der Waals surface area contributed by atoms with Gasteiger partial charge in [0.15, 0.2) is 0 Å². The Morgan fingerprint density at radius 1 is 1.14 bits per heavy atom. The van der Waals surface area contributed by atoms with Gasteiger partial charge < -0.3 is 10.5 Å². The van der Waals surface area contributed by atoms with Crippen LogP contribution in [0.1, 0.15) is 12.8 Å². The standard InChI is InChI=1S/C19H20Cl2N2O4S/c20-14-4-6-16(7-5-14)27-18-8-9-23(12-13(18)10-19(22)24)28(25,26)17-3-1-2-15(21)11-17/h1-7,11,13,18H,8-10,12H2,(H2,22,24)/t13-,18-/m0/s1. The predicted octanol–water partition coefficient (Wildman–Crippen LogP) is 3.33. The summed E-state index contributed by atoms with van der Waals surface area (Å²) in [6, 6.07) is 13.0. The van der Waals surface area contributed by atoms with E-state index >= 15 is 0 Å². The van der Waals surface area contributed by atoms with E-state index in [1.54, 1.807) is 36.4 Å². The lowest BCUT2D eigenvalue weighted by molar-refractivity contribution is -0.120. The average Bonchev–Trinajstić information content (AvgIpc) is 2.64. The molecule has 9 heteroatoms. The van der Waals surface area contributed by atoms with Gasteiger partial charge in [0.2, 0.25) is 15.9 Å². The van der Waals surface area contributed by atoms with Crippen LogP contribution < -0.4 is 10.5 Å². The second-order valence-electron chi connectivity index (χ2n) is 6.65. The summed E-state index contributed by atoms with van der Waals surface area (Å²) >= 11 is 11.8. The number of piperidine rings is 1. The molecule has 1 aliphatic rings. The molecule has 2 aromatic rings. The SMILES string of the molecule is NC(=O)C[C@H]1CN(S(=O)(=O)c2cccc(Cl)c2)CC[C@@H]1Oc1ccc(Cl)cc1. The van der Waals surface area contributed by atoms with Gasteiger partial charge in [0, 0.05) is 35.5 Å². The minimum Gasteiger partial charge on any atom is -0.490 e. The van der Waals surface area contributed by atoms with Crippen molar-refractivity contribution in [2.45, 2.75) is 23.8 Å². The van der Waals surface area contributed by atoms with Crippen molar-refractivity contribution < 1.29 is 17.9 Å². The molecule has 0 aromatic heterocycles. The van der Waals surface area contributed by atoms with Crippen LogP contribution >= 0.6 is 23.2 Å². The lowest BCUT2D eigenvalue weighted by atomic mass is 9.92. The Morgan fingerprint density at radius 2 is 1.86 bits per heavy atom. The van der Waals surface area contributed by atoms with E-state index in [4.69, 9.17) is 33.7 Å². The molecular weight excluding hydrogens is 423 g/mol. The Bertz CT molecular complexity index is 951. The van der Waals surface area contributed by atoms with Gasteiger partial charge in [-0.1, -0.05) is 29.3 Å². The summed E-state index contributed by atoms with van der Waals surface area (Å²) in [4.78, 5) is 11.7. The van der Waals surface area contributed by atoms with Crippen LogP contribution in [-0.2, 0) is 14.8 Å². The summed E-state index contributed by atoms with van der Waals surface area (Å²) in [7, 11) is -3.73. The predicted molar refractivity (Wildman–Crippen MR) is 108 cm³/mol. The number of carbonyl (C=O) groups excluding carboxylic acids is 1. The van der Waals surface area contributed by atoms with Gasteiger partial charge >= 0.3 is 0 Å². The Balaban J connectivity index is 1.79. The summed E-state index contributed by atoms with van der Waals surface area (Å²) in [5, 5.41) is 0.930. The molecule has 0 unspecified atom stereocenters. The highest BCUT2D eigenvalue weighted by molar-refractivity contribution is 7.89. The van der Waals surface area contributed by atoms with Crippen LogP contribution in [-0.4, -0.2) is 37.8 Å². The molecule has 3 rings (SSSR count). The second-order valence-corrected chi connectivity index (χ2v) is 9.46. The maximum atomic E-state index is 13.0. The van der Waals surface area contributed by atoms with E-state index in [1.165, 1.54) is 16.4 Å². The lowest BCUT2D eigenvalue weighted by Crippen LogP contribution is -2.48. The zero-order valence-electron chi connectivity index (χ0n) is 14.9. The van der Waals surface area contributed by atoms with Crippen molar-refractivity contribution in [1.82, 2.24) is 4.31 Å². The maximum absolute atomic E-state index is 13.0. The van der Waals surface area contributed by atoms with E-state index in [2.05, 4.69) is 0 Å². The first-order chi connectivity index (χ1) is 13.3. The Hall–Kier alpha value is -1.80. The number of hydrogen-bond acceptors (Lipinski definition) is 4. The van der Waals surface area contributed by atoms with Gasteiger partial charge in [0.1, 0.15) is 11.9 Å². The number of amides is 1. The maximum Gasteiger partial charge on any atom is 0.243 e. The molecule has 1 fully saturated rings. The largest absolute Gasteiger partial charge is 0.490 e. The van der Waals surface area contributed by atoms with Gasteiger partial charge in [-0.15, -0.1) is 0 Å². The van der Waals surface area contributed by atoms with E-state index < -0.39 is 15.9 Å². The number of nitrogens with two attached hydrogens (primary N) is 1. The van der Waals surface area contributed by atoms with Gasteiger partial charge in [-0.2, -0.15) is 4.31 Å². The zero-order valence-corrected chi connectivity index (χ0v) is 17.3. The Kier molecular flexibility index (Phi) is 6.50. The first kappa shape index (κ1) is 20.9. The molecule has 0 bridgehead atoms. The summed E-state index contributed by atoms with van der Waals surface area (Å²) in [5.41, 5.74) is 5.39. The minimum absolute atomic E-state index is 0.0276. The number of benzene rings is 2. The smallest absolute Gasteiger partial charge is 0.243 e. The van der Waals surface area contributed by atoms with E-state index in [1.807, 2.05) is 0 Å². The summed E-state index contributed by atoms with van der Waals surface area (Å²) in [5.74, 6) is -0.261. The molecule has 0 radical (unpaired) electrons. The molecule has 0 spiro atoms. The van der Waals surface area contributed by atoms with Crippen molar-refractivity contribution in [2.24, 2.45) is 11.7 Å². The van der Waals surface area contributed by atoms with Crippen LogP contribution in [0.3, 0.4) is 0 Å². The van der Waals surface area contributed by atoms with Gasteiger partial charge in [-0.3, -0.25) is 4.79 Å². The highest BCUT2D eigenvalue weighted by Gasteiger charge is 2.37. The Morgan fingerprint density at radius 3 is 2.50 bits per heavy atom. The molecule has 6 nitrogen and oxygen atoms in total. The first-order valence-electron chi connectivity index (χ1n) is 8.72. The number of sulfonamides is 1. The fourth-order valence-electron chi connectivity index (χ4n) is 3.27. The monoisotopic (exact) mass is 442 g/mol. The van der Waals surface area contributed by atoms with Gasteiger partial charge in [0.05, 0.1) is 4.90 Å². The van der Waals surface area contributed by atoms with Crippen molar-refractivity contribution in [2.75, 3.05) is 13.1 Å². The highest BCUT2D eigenvalue weighted by atomic mass is 35.5. The molecule has 28 heavy (non-hydrogen) atoms. The van der Waals surface area contributed by atoms with Gasteiger partial charge in [-0.05, 0) is 48.9 Å². The van der Waals surface area contributed by atoms with Crippen LogP contribution in [0.4, 0.5) is 0 Å². The topological polar surface area (TPSA) is 89.7 Å². The molecule has 2 aromatic carbocycles. The van der Waals surface area contributed by atoms with E-state index in [0.717, 1.165) is 0 Å². The minimum atomic E-state index is -3.73. The number of primary amides is 1. The van der Waals surface area contributed by atoms with Gasteiger partial charge in [0.25, 0.3) is 0 Å². The molecule has 150 valence electrons. The number of nitrogens with zero attached hydrogens (tertiary/aromatic N) is 1. The lowest BCUT2D eigenvalue weighted by Gasteiger charge is -2.37. The van der Waals surface area contributed by atoms with Crippen LogP contribution in [0.5, 0.6) is 5.75 Å². The Labute approximate surface area is 174 Å². The number of carbonyl (C=O) groups is 1. The zero-order chi connectivity index (χ0) is 20.3. The molecule has 1 saturated heterocycles. The van der Waals surface area contributed by atoms with Crippen molar-refractivity contribution in [3.8, 4) is 5.75 Å². The third kappa shape index (κ3) is 4.97. The molecule has 0 aliphatic carbocycles.